The second kappa shape index (κ2) is 10.8. The van der Waals surface area contributed by atoms with Gasteiger partial charge in [0.15, 0.2) is 0 Å². The average molecular weight is 400 g/mol. The van der Waals surface area contributed by atoms with Gasteiger partial charge in [-0.1, -0.05) is 38.4 Å². The molecular formula is C23H30FN3S. The lowest BCUT2D eigenvalue weighted by molar-refractivity contribution is 0.623. The van der Waals surface area contributed by atoms with E-state index in [-0.39, 0.29) is 5.56 Å². The number of hydrogen-bond acceptors (Lipinski definition) is 4. The van der Waals surface area contributed by atoms with Gasteiger partial charge in [-0.3, -0.25) is 0 Å². The standard InChI is InChI=1S/C21H24FN3S.C2H6/c1-13(2)25(5)21-10-17(24-26-6)7-8-18(21)15(4)19-11-20(22)16(12-23)9-14(19)3;1-2/h7-11,13,24H,4H2,1-3,5-6H3;1-2H3. The van der Waals surface area contributed by atoms with Crippen LogP contribution in [0.4, 0.5) is 15.8 Å². The number of nitrogens with one attached hydrogen (secondary N) is 1. The summed E-state index contributed by atoms with van der Waals surface area (Å²) in [5.41, 5.74) is 5.30. The first-order valence-corrected chi connectivity index (χ1v) is 10.6. The molecule has 0 bridgehead atoms. The molecule has 0 heterocycles. The third-order valence-corrected chi connectivity index (χ3v) is 4.90. The molecule has 0 spiro atoms. The fourth-order valence-electron chi connectivity index (χ4n) is 2.78. The zero-order valence-electron chi connectivity index (χ0n) is 17.9. The lowest BCUT2D eigenvalue weighted by Gasteiger charge is -2.28. The van der Waals surface area contributed by atoms with E-state index in [1.54, 1.807) is 6.07 Å². The first kappa shape index (κ1) is 23.6. The maximum absolute atomic E-state index is 14.2. The summed E-state index contributed by atoms with van der Waals surface area (Å²) in [7, 11) is 2.03. The summed E-state index contributed by atoms with van der Waals surface area (Å²) < 4.78 is 17.4. The SMILES string of the molecule is C=C(c1cc(F)c(C#N)cc1C)c1ccc(NSC)cc1N(C)C(C)C.CC. The largest absolute Gasteiger partial charge is 0.372 e. The van der Waals surface area contributed by atoms with Gasteiger partial charge >= 0.3 is 0 Å². The smallest absolute Gasteiger partial charge is 0.141 e. The minimum absolute atomic E-state index is 0.0538. The van der Waals surface area contributed by atoms with E-state index < -0.39 is 5.82 Å². The van der Waals surface area contributed by atoms with E-state index in [1.165, 1.54) is 18.0 Å². The molecular weight excluding hydrogens is 369 g/mol. The van der Waals surface area contributed by atoms with Crippen molar-refractivity contribution in [2.45, 2.75) is 40.7 Å². The number of hydrogen-bond donors (Lipinski definition) is 1. The topological polar surface area (TPSA) is 39.1 Å². The molecule has 3 nitrogen and oxygen atoms in total. The minimum atomic E-state index is -0.520. The average Bonchev–Trinajstić information content (AvgIpc) is 2.69. The number of halogens is 1. The van der Waals surface area contributed by atoms with Gasteiger partial charge in [0.1, 0.15) is 11.9 Å². The van der Waals surface area contributed by atoms with Crippen molar-refractivity contribution in [2.75, 3.05) is 22.9 Å². The Morgan fingerprint density at radius 2 is 1.86 bits per heavy atom. The Labute approximate surface area is 173 Å². The van der Waals surface area contributed by atoms with Crippen LogP contribution in [-0.4, -0.2) is 19.3 Å². The Balaban J connectivity index is 0.00000190. The van der Waals surface area contributed by atoms with E-state index in [4.69, 9.17) is 5.26 Å². The van der Waals surface area contributed by atoms with E-state index in [9.17, 15) is 4.39 Å². The molecule has 0 fully saturated rings. The molecule has 28 heavy (non-hydrogen) atoms. The van der Waals surface area contributed by atoms with Gasteiger partial charge < -0.3 is 9.62 Å². The quantitative estimate of drug-likeness (QED) is 0.553. The normalized spacial score (nSPS) is 10.0. The van der Waals surface area contributed by atoms with Gasteiger partial charge in [-0.25, -0.2) is 4.39 Å². The van der Waals surface area contributed by atoms with E-state index in [0.29, 0.717) is 11.6 Å². The maximum atomic E-state index is 14.2. The van der Waals surface area contributed by atoms with Crippen LogP contribution in [0.1, 0.15) is 49.9 Å². The van der Waals surface area contributed by atoms with Crippen LogP contribution in [-0.2, 0) is 0 Å². The van der Waals surface area contributed by atoms with Gasteiger partial charge in [0.25, 0.3) is 0 Å². The predicted molar refractivity (Wildman–Crippen MR) is 122 cm³/mol. The number of nitrogens with zero attached hydrogens (tertiary/aromatic N) is 2. The molecule has 0 aliphatic carbocycles. The second-order valence-corrected chi connectivity index (χ2v) is 7.09. The van der Waals surface area contributed by atoms with Crippen molar-refractivity contribution in [2.24, 2.45) is 0 Å². The molecule has 2 aromatic rings. The van der Waals surface area contributed by atoms with Gasteiger partial charge in [0, 0.05) is 36.3 Å². The highest BCUT2D eigenvalue weighted by atomic mass is 32.2. The fourth-order valence-corrected chi connectivity index (χ4v) is 3.14. The monoisotopic (exact) mass is 399 g/mol. The van der Waals surface area contributed by atoms with Crippen molar-refractivity contribution in [1.82, 2.24) is 0 Å². The van der Waals surface area contributed by atoms with E-state index >= 15 is 0 Å². The summed E-state index contributed by atoms with van der Waals surface area (Å²) in [6.45, 7) is 14.3. The second-order valence-electron chi connectivity index (χ2n) is 6.48. The van der Waals surface area contributed by atoms with Crippen LogP contribution in [0.25, 0.3) is 5.57 Å². The van der Waals surface area contributed by atoms with Gasteiger partial charge in [-0.15, -0.1) is 0 Å². The summed E-state index contributed by atoms with van der Waals surface area (Å²) in [5.74, 6) is -0.520. The van der Waals surface area contributed by atoms with Crippen molar-refractivity contribution >= 4 is 28.9 Å². The van der Waals surface area contributed by atoms with E-state index in [2.05, 4.69) is 36.1 Å². The lowest BCUT2D eigenvalue weighted by atomic mass is 9.92. The predicted octanol–water partition coefficient (Wildman–Crippen LogP) is 6.63. The Hall–Kier alpha value is -2.45. The van der Waals surface area contributed by atoms with Crippen LogP contribution in [0.5, 0.6) is 0 Å². The molecule has 0 amide bonds. The zero-order chi connectivity index (χ0) is 21.4. The summed E-state index contributed by atoms with van der Waals surface area (Å²) in [4.78, 5) is 2.17. The lowest BCUT2D eigenvalue weighted by Crippen LogP contribution is -2.26. The van der Waals surface area contributed by atoms with E-state index in [0.717, 1.165) is 28.1 Å². The van der Waals surface area contributed by atoms with Gasteiger partial charge in [0.2, 0.25) is 0 Å². The zero-order valence-corrected chi connectivity index (χ0v) is 18.7. The number of aryl methyl sites for hydroxylation is 1. The Morgan fingerprint density at radius 1 is 1.21 bits per heavy atom. The van der Waals surface area contributed by atoms with Crippen LogP contribution < -0.4 is 9.62 Å². The molecule has 0 saturated heterocycles. The highest BCUT2D eigenvalue weighted by Gasteiger charge is 2.17. The van der Waals surface area contributed by atoms with Crippen LogP contribution in [0.3, 0.4) is 0 Å². The van der Waals surface area contributed by atoms with Crippen LogP contribution in [0, 0.1) is 24.1 Å². The Kier molecular flexibility index (Phi) is 9.08. The van der Waals surface area contributed by atoms with E-state index in [1.807, 2.05) is 52.3 Å². The summed E-state index contributed by atoms with van der Waals surface area (Å²) >= 11 is 1.53. The van der Waals surface area contributed by atoms with Gasteiger partial charge in [-0.05, 0) is 61.7 Å². The molecule has 0 aliphatic heterocycles. The summed E-state index contributed by atoms with van der Waals surface area (Å²) in [6, 6.07) is 11.2. The molecule has 1 N–H and O–H groups in total. The van der Waals surface area contributed by atoms with Crippen molar-refractivity contribution in [3.63, 3.8) is 0 Å². The number of benzene rings is 2. The third-order valence-electron chi connectivity index (χ3n) is 4.46. The number of nitriles is 1. The summed E-state index contributed by atoms with van der Waals surface area (Å²) in [5, 5.41) is 9.02. The summed E-state index contributed by atoms with van der Waals surface area (Å²) in [6.07, 6.45) is 1.97. The van der Waals surface area contributed by atoms with Crippen molar-refractivity contribution < 1.29 is 4.39 Å². The molecule has 0 atom stereocenters. The Bertz CT molecular complexity index is 869. The molecule has 2 aromatic carbocycles. The molecule has 0 aromatic heterocycles. The molecule has 0 unspecified atom stereocenters. The highest BCUT2D eigenvalue weighted by molar-refractivity contribution is 7.99. The van der Waals surface area contributed by atoms with Crippen LogP contribution in [0.2, 0.25) is 0 Å². The first-order valence-electron chi connectivity index (χ1n) is 9.35. The number of rotatable bonds is 6. The fraction of sp³-hybridized carbons (Fsp3) is 0.348. The van der Waals surface area contributed by atoms with Crippen molar-refractivity contribution in [3.05, 3.63) is 65.0 Å². The van der Waals surface area contributed by atoms with Crippen molar-refractivity contribution in [1.29, 1.82) is 5.26 Å². The third kappa shape index (κ3) is 5.30. The molecule has 0 aliphatic rings. The van der Waals surface area contributed by atoms with Gasteiger partial charge in [0.05, 0.1) is 5.56 Å². The van der Waals surface area contributed by atoms with Gasteiger partial charge in [-0.2, -0.15) is 5.26 Å². The van der Waals surface area contributed by atoms with Crippen LogP contribution >= 0.6 is 11.9 Å². The highest BCUT2D eigenvalue weighted by Crippen LogP contribution is 2.35. The first-order chi connectivity index (χ1) is 13.3. The molecule has 150 valence electrons. The molecule has 2 rings (SSSR count). The molecule has 5 heteroatoms. The van der Waals surface area contributed by atoms with Crippen LogP contribution in [0.15, 0.2) is 36.9 Å². The maximum Gasteiger partial charge on any atom is 0.141 e. The van der Waals surface area contributed by atoms with Crippen molar-refractivity contribution in [3.8, 4) is 6.07 Å². The number of anilines is 2. The molecule has 0 saturated carbocycles. The Morgan fingerprint density at radius 3 is 2.39 bits per heavy atom. The minimum Gasteiger partial charge on any atom is -0.372 e. The molecule has 0 radical (unpaired) electrons.